The first-order chi connectivity index (χ1) is 12.1. The molecule has 0 aromatic heterocycles. The van der Waals surface area contributed by atoms with Crippen LogP contribution in [0.15, 0.2) is 30.3 Å². The summed E-state index contributed by atoms with van der Waals surface area (Å²) in [6.07, 6.45) is 4.83. The van der Waals surface area contributed by atoms with Gasteiger partial charge in [0.2, 0.25) is 0 Å². The number of amides is 2. The van der Waals surface area contributed by atoms with Gasteiger partial charge >= 0.3 is 6.03 Å². The lowest BCUT2D eigenvalue weighted by molar-refractivity contribution is 0.00308. The molecule has 1 aliphatic heterocycles. The van der Waals surface area contributed by atoms with E-state index in [0.717, 1.165) is 45.2 Å². The Labute approximate surface area is 150 Å². The number of carbonyl (C=O) groups excluding carboxylic acids is 1. The van der Waals surface area contributed by atoms with E-state index in [4.69, 9.17) is 0 Å². The fraction of sp³-hybridized carbons (Fsp3) is 0.650. The second-order valence-electron chi connectivity index (χ2n) is 7.92. The van der Waals surface area contributed by atoms with Crippen LogP contribution in [-0.4, -0.2) is 43.4 Å². The van der Waals surface area contributed by atoms with Crippen LogP contribution in [0.4, 0.5) is 10.5 Å². The molecule has 5 nitrogen and oxygen atoms in total. The highest BCUT2D eigenvalue weighted by molar-refractivity contribution is 5.73. The monoisotopic (exact) mass is 345 g/mol. The van der Waals surface area contributed by atoms with E-state index < -0.39 is 0 Å². The number of para-hydroxylation sites is 1. The fourth-order valence-corrected chi connectivity index (χ4v) is 4.04. The molecule has 0 spiro atoms. The van der Waals surface area contributed by atoms with Crippen molar-refractivity contribution >= 4 is 11.7 Å². The molecule has 1 aliphatic carbocycles. The van der Waals surface area contributed by atoms with Crippen LogP contribution in [0.2, 0.25) is 0 Å². The largest absolute Gasteiger partial charge is 0.392 e. The van der Waals surface area contributed by atoms with Crippen molar-refractivity contribution in [2.75, 3.05) is 31.1 Å². The molecular weight excluding hydrogens is 314 g/mol. The van der Waals surface area contributed by atoms with E-state index in [1.54, 1.807) is 0 Å². The van der Waals surface area contributed by atoms with E-state index in [1.807, 2.05) is 6.07 Å². The highest BCUT2D eigenvalue weighted by Gasteiger charge is 2.35. The minimum absolute atomic E-state index is 0.114. The highest BCUT2D eigenvalue weighted by atomic mass is 16.3. The van der Waals surface area contributed by atoms with Gasteiger partial charge in [0.1, 0.15) is 0 Å². The molecule has 1 heterocycles. The van der Waals surface area contributed by atoms with Gasteiger partial charge < -0.3 is 20.6 Å². The van der Waals surface area contributed by atoms with Gasteiger partial charge in [0.25, 0.3) is 0 Å². The Morgan fingerprint density at radius 1 is 1.24 bits per heavy atom. The Kier molecular flexibility index (Phi) is 5.84. The van der Waals surface area contributed by atoms with Crippen LogP contribution in [0.25, 0.3) is 0 Å². The molecule has 5 heteroatoms. The number of carbonyl (C=O) groups is 1. The van der Waals surface area contributed by atoms with Crippen molar-refractivity contribution in [1.29, 1.82) is 0 Å². The molecular formula is C20H31N3O2. The number of benzene rings is 1. The number of urea groups is 1. The van der Waals surface area contributed by atoms with Crippen LogP contribution in [-0.2, 0) is 0 Å². The van der Waals surface area contributed by atoms with E-state index in [9.17, 15) is 9.90 Å². The molecule has 1 aromatic rings. The molecule has 3 unspecified atom stereocenters. The van der Waals surface area contributed by atoms with E-state index in [-0.39, 0.29) is 17.6 Å². The van der Waals surface area contributed by atoms with Gasteiger partial charge in [-0.1, -0.05) is 38.0 Å². The topological polar surface area (TPSA) is 64.6 Å². The average Bonchev–Trinajstić information content (AvgIpc) is 3.11. The van der Waals surface area contributed by atoms with Crippen LogP contribution in [0, 0.1) is 11.3 Å². The van der Waals surface area contributed by atoms with Gasteiger partial charge in [-0.2, -0.15) is 0 Å². The Balaban J connectivity index is 1.38. The van der Waals surface area contributed by atoms with E-state index >= 15 is 0 Å². The van der Waals surface area contributed by atoms with Crippen molar-refractivity contribution in [3.05, 3.63) is 30.3 Å². The second-order valence-corrected chi connectivity index (χ2v) is 7.92. The summed E-state index contributed by atoms with van der Waals surface area (Å²) in [6, 6.07) is 10.3. The predicted octanol–water partition coefficient (Wildman–Crippen LogP) is 2.75. The summed E-state index contributed by atoms with van der Waals surface area (Å²) < 4.78 is 0. The first kappa shape index (κ1) is 18.1. The first-order valence-electron chi connectivity index (χ1n) is 9.56. The van der Waals surface area contributed by atoms with Crippen LogP contribution >= 0.6 is 0 Å². The van der Waals surface area contributed by atoms with Crippen molar-refractivity contribution in [3.63, 3.8) is 0 Å². The molecule has 0 bridgehead atoms. The summed E-state index contributed by atoms with van der Waals surface area (Å²) in [4.78, 5) is 14.5. The second kappa shape index (κ2) is 8.09. The summed E-state index contributed by atoms with van der Waals surface area (Å²) in [5, 5.41) is 16.2. The van der Waals surface area contributed by atoms with Gasteiger partial charge in [0.05, 0.1) is 6.10 Å². The van der Waals surface area contributed by atoms with Crippen molar-refractivity contribution in [2.24, 2.45) is 11.3 Å². The predicted molar refractivity (Wildman–Crippen MR) is 101 cm³/mol. The third-order valence-corrected chi connectivity index (χ3v) is 5.89. The third-order valence-electron chi connectivity index (χ3n) is 5.89. The molecule has 2 fully saturated rings. The van der Waals surface area contributed by atoms with Gasteiger partial charge in [-0.05, 0) is 37.3 Å². The van der Waals surface area contributed by atoms with Crippen molar-refractivity contribution < 1.29 is 9.90 Å². The number of aliphatic hydroxyl groups is 1. The summed E-state index contributed by atoms with van der Waals surface area (Å²) in [5.74, 6) is 0.488. The Morgan fingerprint density at radius 3 is 2.80 bits per heavy atom. The number of hydrogen-bond donors (Lipinski definition) is 3. The lowest BCUT2D eigenvalue weighted by Crippen LogP contribution is -2.48. The smallest absolute Gasteiger partial charge is 0.314 e. The summed E-state index contributed by atoms with van der Waals surface area (Å²) in [7, 11) is 0. The maximum absolute atomic E-state index is 12.1. The van der Waals surface area contributed by atoms with Crippen LogP contribution < -0.4 is 15.5 Å². The zero-order valence-corrected chi connectivity index (χ0v) is 15.2. The number of rotatable bonds is 5. The number of anilines is 1. The van der Waals surface area contributed by atoms with Crippen LogP contribution in [0.5, 0.6) is 0 Å². The van der Waals surface area contributed by atoms with Crippen molar-refractivity contribution in [3.8, 4) is 0 Å². The maximum atomic E-state index is 12.1. The lowest BCUT2D eigenvalue weighted by atomic mass is 9.73. The molecule has 1 saturated heterocycles. The molecule has 3 N–H and O–H groups in total. The molecule has 3 atom stereocenters. The van der Waals surface area contributed by atoms with Crippen molar-refractivity contribution in [1.82, 2.24) is 10.6 Å². The fourth-order valence-electron chi connectivity index (χ4n) is 4.04. The zero-order valence-electron chi connectivity index (χ0n) is 15.2. The minimum Gasteiger partial charge on any atom is -0.392 e. The van der Waals surface area contributed by atoms with Crippen molar-refractivity contribution in [2.45, 2.75) is 45.1 Å². The zero-order chi connectivity index (χ0) is 17.7. The number of nitrogens with zero attached hydrogens (tertiary/aromatic N) is 1. The molecule has 1 saturated carbocycles. The highest BCUT2D eigenvalue weighted by Crippen LogP contribution is 2.35. The quantitative estimate of drug-likeness (QED) is 0.769. The minimum atomic E-state index is -0.309. The van der Waals surface area contributed by atoms with Gasteiger partial charge in [0, 0.05) is 37.3 Å². The Morgan fingerprint density at radius 2 is 2.04 bits per heavy atom. The average molecular weight is 345 g/mol. The number of hydrogen-bond acceptors (Lipinski definition) is 3. The van der Waals surface area contributed by atoms with E-state index in [1.165, 1.54) is 5.69 Å². The Bertz CT molecular complexity index is 565. The summed E-state index contributed by atoms with van der Waals surface area (Å²) in [5.41, 5.74) is 1.07. The van der Waals surface area contributed by atoms with Gasteiger partial charge in [-0.3, -0.25) is 0 Å². The normalized spacial score (nSPS) is 29.4. The molecule has 1 aromatic carbocycles. The lowest BCUT2D eigenvalue weighted by Gasteiger charge is -2.38. The van der Waals surface area contributed by atoms with Gasteiger partial charge in [-0.15, -0.1) is 0 Å². The SMILES string of the molecule is CC1(CNC(=O)NCC2CCN(c3ccccc3)C2)CCCCC1O. The number of aliphatic hydroxyl groups excluding tert-OH is 1. The van der Waals surface area contributed by atoms with Gasteiger partial charge in [0.15, 0.2) is 0 Å². The third kappa shape index (κ3) is 4.66. The van der Waals surface area contributed by atoms with Crippen LogP contribution in [0.1, 0.15) is 39.0 Å². The first-order valence-corrected chi connectivity index (χ1v) is 9.56. The van der Waals surface area contributed by atoms with E-state index in [0.29, 0.717) is 19.0 Å². The van der Waals surface area contributed by atoms with Gasteiger partial charge in [-0.25, -0.2) is 4.79 Å². The molecule has 2 aliphatic rings. The standard InChI is InChI=1S/C20H31N3O2/c1-20(11-6-5-9-18(20)24)15-22-19(25)21-13-16-10-12-23(14-16)17-7-3-2-4-8-17/h2-4,7-8,16,18,24H,5-6,9-15H2,1H3,(H2,21,22,25). The molecule has 25 heavy (non-hydrogen) atoms. The molecule has 0 radical (unpaired) electrons. The van der Waals surface area contributed by atoms with Crippen LogP contribution in [0.3, 0.4) is 0 Å². The van der Waals surface area contributed by atoms with E-state index in [2.05, 4.69) is 46.7 Å². The molecule has 2 amide bonds. The molecule has 138 valence electrons. The molecule has 3 rings (SSSR count). The maximum Gasteiger partial charge on any atom is 0.314 e. The summed E-state index contributed by atoms with van der Waals surface area (Å²) >= 11 is 0. The summed E-state index contributed by atoms with van der Waals surface area (Å²) in [6.45, 7) is 5.35. The number of nitrogens with one attached hydrogen (secondary N) is 2. The Hall–Kier alpha value is -1.75.